The topological polar surface area (TPSA) is 90.1 Å². The smallest absolute Gasteiger partial charge is 0.269 e. The molecule has 0 bridgehead atoms. The molecule has 0 saturated heterocycles. The number of hydrogen-bond donors (Lipinski definition) is 1. The number of amides is 1. The number of aryl methyl sites for hydroxylation is 1. The van der Waals surface area contributed by atoms with Crippen molar-refractivity contribution < 1.29 is 9.72 Å². The van der Waals surface area contributed by atoms with E-state index in [0.29, 0.717) is 11.3 Å². The Morgan fingerprint density at radius 2 is 2.05 bits per heavy atom. The van der Waals surface area contributed by atoms with Gasteiger partial charge in [0.15, 0.2) is 0 Å². The van der Waals surface area contributed by atoms with E-state index in [0.717, 1.165) is 12.2 Å². The van der Waals surface area contributed by atoms with Gasteiger partial charge in [0.1, 0.15) is 0 Å². The molecule has 0 aliphatic heterocycles. The normalized spacial score (nSPS) is 10.3. The van der Waals surface area contributed by atoms with Gasteiger partial charge in [0.05, 0.1) is 22.5 Å². The van der Waals surface area contributed by atoms with Gasteiger partial charge >= 0.3 is 0 Å². The number of nitro benzene ring substituents is 1. The first-order valence-electron chi connectivity index (χ1n) is 6.11. The summed E-state index contributed by atoms with van der Waals surface area (Å²) in [7, 11) is 0. The van der Waals surface area contributed by atoms with Gasteiger partial charge in [0.2, 0.25) is 0 Å². The van der Waals surface area contributed by atoms with Gasteiger partial charge in [0, 0.05) is 24.2 Å². The SMILES string of the molecule is CCn1ncc(NC(=O)c2ccc([N+](=O)[O-])cc2)c1C. The van der Waals surface area contributed by atoms with Crippen LogP contribution in [0.2, 0.25) is 0 Å². The van der Waals surface area contributed by atoms with E-state index < -0.39 is 4.92 Å². The van der Waals surface area contributed by atoms with Crippen molar-refractivity contribution in [3.63, 3.8) is 0 Å². The van der Waals surface area contributed by atoms with E-state index in [1.54, 1.807) is 10.9 Å². The van der Waals surface area contributed by atoms with Crippen molar-refractivity contribution in [2.75, 3.05) is 5.32 Å². The maximum absolute atomic E-state index is 12.0. The Morgan fingerprint density at radius 1 is 1.40 bits per heavy atom. The predicted molar refractivity (Wildman–Crippen MR) is 73.7 cm³/mol. The summed E-state index contributed by atoms with van der Waals surface area (Å²) >= 11 is 0. The minimum Gasteiger partial charge on any atom is -0.319 e. The number of nitrogens with zero attached hydrogens (tertiary/aromatic N) is 3. The predicted octanol–water partition coefficient (Wildman–Crippen LogP) is 2.37. The van der Waals surface area contributed by atoms with Gasteiger partial charge in [-0.1, -0.05) is 0 Å². The van der Waals surface area contributed by atoms with Crippen molar-refractivity contribution in [2.45, 2.75) is 20.4 Å². The minimum absolute atomic E-state index is 0.0449. The molecule has 0 aliphatic rings. The number of nitrogens with one attached hydrogen (secondary N) is 1. The Balaban J connectivity index is 2.15. The average Bonchev–Trinajstić information content (AvgIpc) is 2.79. The van der Waals surface area contributed by atoms with Gasteiger partial charge in [-0.15, -0.1) is 0 Å². The van der Waals surface area contributed by atoms with Crippen molar-refractivity contribution in [3.8, 4) is 0 Å². The van der Waals surface area contributed by atoms with Crippen LogP contribution in [0, 0.1) is 17.0 Å². The molecule has 0 saturated carbocycles. The molecule has 2 rings (SSSR count). The van der Waals surface area contributed by atoms with Crippen molar-refractivity contribution in [2.24, 2.45) is 0 Å². The van der Waals surface area contributed by atoms with Crippen molar-refractivity contribution in [1.82, 2.24) is 9.78 Å². The van der Waals surface area contributed by atoms with Crippen molar-refractivity contribution >= 4 is 17.3 Å². The fourth-order valence-electron chi connectivity index (χ4n) is 1.82. The van der Waals surface area contributed by atoms with Crippen LogP contribution in [0.1, 0.15) is 23.0 Å². The second kappa shape index (κ2) is 5.52. The van der Waals surface area contributed by atoms with Crippen molar-refractivity contribution in [3.05, 3.63) is 51.8 Å². The highest BCUT2D eigenvalue weighted by Crippen LogP contribution is 2.16. The summed E-state index contributed by atoms with van der Waals surface area (Å²) in [5.41, 5.74) is 1.81. The highest BCUT2D eigenvalue weighted by Gasteiger charge is 2.12. The van der Waals surface area contributed by atoms with Crippen LogP contribution in [0.4, 0.5) is 11.4 Å². The Bertz CT molecular complexity index is 646. The summed E-state index contributed by atoms with van der Waals surface area (Å²) < 4.78 is 1.77. The lowest BCUT2D eigenvalue weighted by molar-refractivity contribution is -0.384. The van der Waals surface area contributed by atoms with E-state index >= 15 is 0 Å². The molecule has 104 valence electrons. The quantitative estimate of drug-likeness (QED) is 0.684. The second-order valence-corrected chi connectivity index (χ2v) is 4.22. The molecule has 0 unspecified atom stereocenters. The molecule has 2 aromatic rings. The zero-order valence-electron chi connectivity index (χ0n) is 11.2. The molecule has 20 heavy (non-hydrogen) atoms. The first kappa shape index (κ1) is 13.7. The zero-order valence-corrected chi connectivity index (χ0v) is 11.2. The third-order valence-electron chi connectivity index (χ3n) is 2.99. The number of carbonyl (C=O) groups excluding carboxylic acids is 1. The van der Waals surface area contributed by atoms with E-state index in [-0.39, 0.29) is 11.6 Å². The Kier molecular flexibility index (Phi) is 3.79. The van der Waals surface area contributed by atoms with Gasteiger partial charge in [0.25, 0.3) is 11.6 Å². The lowest BCUT2D eigenvalue weighted by Crippen LogP contribution is -2.12. The molecular formula is C13H14N4O3. The molecule has 1 amide bonds. The number of nitro groups is 1. The Hall–Kier alpha value is -2.70. The van der Waals surface area contributed by atoms with Crippen LogP contribution in [0.25, 0.3) is 0 Å². The van der Waals surface area contributed by atoms with Crippen LogP contribution in [0.15, 0.2) is 30.5 Å². The first-order valence-corrected chi connectivity index (χ1v) is 6.11. The highest BCUT2D eigenvalue weighted by molar-refractivity contribution is 6.04. The summed E-state index contributed by atoms with van der Waals surface area (Å²) in [5, 5.41) is 17.4. The van der Waals surface area contributed by atoms with Gasteiger partial charge in [-0.05, 0) is 26.0 Å². The molecule has 0 spiro atoms. The number of rotatable bonds is 4. The number of benzene rings is 1. The standard InChI is InChI=1S/C13H14N4O3/c1-3-16-9(2)12(8-14-16)15-13(18)10-4-6-11(7-5-10)17(19)20/h4-8H,3H2,1-2H3,(H,15,18). The third-order valence-corrected chi connectivity index (χ3v) is 2.99. The Labute approximate surface area is 115 Å². The zero-order chi connectivity index (χ0) is 14.7. The number of non-ortho nitro benzene ring substituents is 1. The maximum Gasteiger partial charge on any atom is 0.269 e. The fourth-order valence-corrected chi connectivity index (χ4v) is 1.82. The van der Waals surface area contributed by atoms with E-state index in [4.69, 9.17) is 0 Å². The van der Waals surface area contributed by atoms with Gasteiger partial charge < -0.3 is 5.32 Å². The summed E-state index contributed by atoms with van der Waals surface area (Å²) in [6.45, 7) is 4.54. The summed E-state index contributed by atoms with van der Waals surface area (Å²) in [6, 6.07) is 5.45. The van der Waals surface area contributed by atoms with E-state index in [2.05, 4.69) is 10.4 Å². The summed E-state index contributed by atoms with van der Waals surface area (Å²) in [5.74, 6) is -0.321. The molecule has 0 radical (unpaired) electrons. The highest BCUT2D eigenvalue weighted by atomic mass is 16.6. The number of hydrogen-bond acceptors (Lipinski definition) is 4. The number of aromatic nitrogens is 2. The molecule has 1 N–H and O–H groups in total. The molecule has 0 atom stereocenters. The minimum atomic E-state index is -0.503. The molecule has 0 aliphatic carbocycles. The van der Waals surface area contributed by atoms with Crippen LogP contribution >= 0.6 is 0 Å². The van der Waals surface area contributed by atoms with Gasteiger partial charge in [-0.25, -0.2) is 0 Å². The van der Waals surface area contributed by atoms with Crippen LogP contribution in [0.3, 0.4) is 0 Å². The second-order valence-electron chi connectivity index (χ2n) is 4.22. The lowest BCUT2D eigenvalue weighted by atomic mass is 10.2. The van der Waals surface area contributed by atoms with Gasteiger partial charge in [-0.3, -0.25) is 19.6 Å². The largest absolute Gasteiger partial charge is 0.319 e. The van der Waals surface area contributed by atoms with E-state index in [1.807, 2.05) is 13.8 Å². The van der Waals surface area contributed by atoms with Crippen LogP contribution in [-0.4, -0.2) is 20.6 Å². The number of anilines is 1. The summed E-state index contributed by atoms with van der Waals surface area (Å²) in [6.07, 6.45) is 1.59. The average molecular weight is 274 g/mol. The first-order chi connectivity index (χ1) is 9.52. The molecule has 0 fully saturated rings. The van der Waals surface area contributed by atoms with E-state index in [9.17, 15) is 14.9 Å². The van der Waals surface area contributed by atoms with Crippen LogP contribution < -0.4 is 5.32 Å². The molecule has 7 heteroatoms. The van der Waals surface area contributed by atoms with Crippen LogP contribution in [-0.2, 0) is 6.54 Å². The van der Waals surface area contributed by atoms with Crippen molar-refractivity contribution in [1.29, 1.82) is 0 Å². The molecule has 1 heterocycles. The Morgan fingerprint density at radius 3 is 2.55 bits per heavy atom. The lowest BCUT2D eigenvalue weighted by Gasteiger charge is -2.05. The monoisotopic (exact) mass is 274 g/mol. The number of carbonyl (C=O) groups is 1. The summed E-state index contributed by atoms with van der Waals surface area (Å²) in [4.78, 5) is 22.1. The van der Waals surface area contributed by atoms with Crippen LogP contribution in [0.5, 0.6) is 0 Å². The van der Waals surface area contributed by atoms with E-state index in [1.165, 1.54) is 24.3 Å². The van der Waals surface area contributed by atoms with Gasteiger partial charge in [-0.2, -0.15) is 5.10 Å². The fraction of sp³-hybridized carbons (Fsp3) is 0.231. The molecule has 7 nitrogen and oxygen atoms in total. The molecule has 1 aromatic heterocycles. The maximum atomic E-state index is 12.0. The molecule has 1 aromatic carbocycles. The molecular weight excluding hydrogens is 260 g/mol. The third kappa shape index (κ3) is 2.66.